The minimum absolute atomic E-state index is 0.0369. The molecule has 1 atom stereocenters. The van der Waals surface area contributed by atoms with Crippen LogP contribution in [-0.2, 0) is 6.54 Å². The maximum absolute atomic E-state index is 10.9. The average molecular weight is 268 g/mol. The number of hydrogen-bond acceptors (Lipinski definition) is 6. The van der Waals surface area contributed by atoms with Gasteiger partial charge in [0, 0.05) is 18.6 Å². The van der Waals surface area contributed by atoms with Crippen molar-refractivity contribution in [2.75, 3.05) is 19.7 Å². The van der Waals surface area contributed by atoms with Gasteiger partial charge in [-0.1, -0.05) is 12.1 Å². The maximum Gasteiger partial charge on any atom is 0.290 e. The van der Waals surface area contributed by atoms with E-state index in [1.807, 2.05) is 0 Å². The van der Waals surface area contributed by atoms with Gasteiger partial charge in [-0.25, -0.2) is 0 Å². The molecule has 7 heteroatoms. The fourth-order valence-electron chi connectivity index (χ4n) is 2.58. The average Bonchev–Trinajstić information content (AvgIpc) is 2.87. The zero-order valence-electron chi connectivity index (χ0n) is 11.1. The molecule has 0 aliphatic carbocycles. The molecular formula is C12H20N4O3. The predicted molar refractivity (Wildman–Crippen MR) is 67.1 cm³/mol. The number of nitrogens with zero attached hydrogens (tertiary/aromatic N) is 3. The molecule has 1 aliphatic heterocycles. The molecule has 1 aromatic rings. The number of carbonyl (C=O) groups excluding carboxylic acids is 1. The highest BCUT2D eigenvalue weighted by Gasteiger charge is 2.33. The van der Waals surface area contributed by atoms with E-state index in [0.717, 1.165) is 32.4 Å². The number of aliphatic hydroxyl groups excluding tert-OH is 1. The molecule has 1 unspecified atom stereocenters. The molecule has 1 amide bonds. The fraction of sp³-hybridized carbons (Fsp3) is 0.750. The van der Waals surface area contributed by atoms with Crippen LogP contribution in [0.15, 0.2) is 4.52 Å². The van der Waals surface area contributed by atoms with E-state index in [2.05, 4.69) is 22.0 Å². The van der Waals surface area contributed by atoms with Gasteiger partial charge in [-0.15, -0.1) is 0 Å². The number of rotatable bonds is 5. The number of amides is 1. The second kappa shape index (κ2) is 5.66. The first-order valence-corrected chi connectivity index (χ1v) is 6.54. The Hall–Kier alpha value is -1.47. The molecule has 1 fully saturated rings. The number of piperidine rings is 1. The Kier molecular flexibility index (Phi) is 4.16. The summed E-state index contributed by atoms with van der Waals surface area (Å²) in [6.45, 7) is 4.50. The van der Waals surface area contributed by atoms with Gasteiger partial charge < -0.3 is 15.4 Å². The van der Waals surface area contributed by atoms with Crippen LogP contribution in [0.1, 0.15) is 42.7 Å². The van der Waals surface area contributed by atoms with Crippen molar-refractivity contribution in [1.82, 2.24) is 15.0 Å². The van der Waals surface area contributed by atoms with Gasteiger partial charge in [0.05, 0.1) is 6.54 Å². The third-order valence-corrected chi connectivity index (χ3v) is 3.87. The lowest BCUT2D eigenvalue weighted by Gasteiger charge is -2.40. The first-order chi connectivity index (χ1) is 9.08. The molecule has 0 saturated carbocycles. The molecule has 0 aromatic carbocycles. The lowest BCUT2D eigenvalue weighted by atomic mass is 9.78. The van der Waals surface area contributed by atoms with Crippen molar-refractivity contribution in [3.63, 3.8) is 0 Å². The summed E-state index contributed by atoms with van der Waals surface area (Å²) in [5.41, 5.74) is 5.04. The predicted octanol–water partition coefficient (Wildman–Crippen LogP) is 0.153. The number of likely N-dealkylation sites (tertiary alicyclic amines) is 1. The van der Waals surface area contributed by atoms with Crippen LogP contribution in [-0.4, -0.2) is 45.8 Å². The van der Waals surface area contributed by atoms with Gasteiger partial charge in [-0.2, -0.15) is 4.98 Å². The zero-order valence-corrected chi connectivity index (χ0v) is 11.1. The molecule has 2 heterocycles. The summed E-state index contributed by atoms with van der Waals surface area (Å²) in [7, 11) is 0. The summed E-state index contributed by atoms with van der Waals surface area (Å²) in [6.07, 6.45) is 3.01. The fourth-order valence-corrected chi connectivity index (χ4v) is 2.58. The first kappa shape index (κ1) is 14.0. The van der Waals surface area contributed by atoms with Gasteiger partial charge in [0.15, 0.2) is 0 Å². The Morgan fingerprint density at radius 2 is 2.42 bits per heavy atom. The Morgan fingerprint density at radius 3 is 3.00 bits per heavy atom. The van der Waals surface area contributed by atoms with Crippen LogP contribution >= 0.6 is 0 Å². The van der Waals surface area contributed by atoms with Crippen molar-refractivity contribution < 1.29 is 14.4 Å². The number of nitrogens with two attached hydrogens (primary N) is 1. The molecule has 2 rings (SSSR count). The topological polar surface area (TPSA) is 105 Å². The molecule has 1 aromatic heterocycles. The Balaban J connectivity index is 2.00. The van der Waals surface area contributed by atoms with Gasteiger partial charge in [0.2, 0.25) is 5.89 Å². The van der Waals surface area contributed by atoms with Crippen LogP contribution in [0.5, 0.6) is 0 Å². The third kappa shape index (κ3) is 3.10. The second-order valence-corrected chi connectivity index (χ2v) is 5.20. The zero-order chi connectivity index (χ0) is 13.9. The van der Waals surface area contributed by atoms with Crippen LogP contribution in [0.4, 0.5) is 0 Å². The monoisotopic (exact) mass is 268 g/mol. The quantitative estimate of drug-likeness (QED) is 0.787. The Morgan fingerprint density at radius 1 is 1.63 bits per heavy atom. The first-order valence-electron chi connectivity index (χ1n) is 6.54. The molecule has 0 spiro atoms. The van der Waals surface area contributed by atoms with Crippen molar-refractivity contribution >= 4 is 5.91 Å². The van der Waals surface area contributed by atoms with Gasteiger partial charge in [-0.05, 0) is 25.8 Å². The Labute approximate surface area is 111 Å². The van der Waals surface area contributed by atoms with E-state index in [0.29, 0.717) is 12.4 Å². The summed E-state index contributed by atoms with van der Waals surface area (Å²) >= 11 is 0. The molecular weight excluding hydrogens is 248 g/mol. The number of carbonyl (C=O) groups is 1. The van der Waals surface area contributed by atoms with E-state index < -0.39 is 5.91 Å². The minimum atomic E-state index is -0.688. The summed E-state index contributed by atoms with van der Waals surface area (Å²) in [5, 5.41) is 13.1. The van der Waals surface area contributed by atoms with E-state index in [1.165, 1.54) is 0 Å². The Bertz CT molecular complexity index is 442. The molecule has 0 radical (unpaired) electrons. The summed E-state index contributed by atoms with van der Waals surface area (Å²) in [5.74, 6) is -0.388. The molecule has 0 bridgehead atoms. The second-order valence-electron chi connectivity index (χ2n) is 5.20. The highest BCUT2D eigenvalue weighted by molar-refractivity contribution is 5.88. The molecule has 19 heavy (non-hydrogen) atoms. The largest absolute Gasteiger partial charge is 0.396 e. The highest BCUT2D eigenvalue weighted by Crippen LogP contribution is 2.33. The van der Waals surface area contributed by atoms with Crippen molar-refractivity contribution in [1.29, 1.82) is 0 Å². The molecule has 1 aliphatic rings. The maximum atomic E-state index is 10.9. The number of aromatic nitrogens is 2. The number of hydrogen-bond donors (Lipinski definition) is 2. The number of aliphatic hydroxyl groups is 1. The van der Waals surface area contributed by atoms with Crippen LogP contribution in [0.25, 0.3) is 0 Å². The number of primary amides is 1. The van der Waals surface area contributed by atoms with Crippen LogP contribution < -0.4 is 5.73 Å². The standard InChI is InChI=1S/C12H20N4O3/c1-2-12(8-17)4-3-5-16(7-12)6-9-14-11(10(13)18)15-19-9/h17H,2-8H2,1H3,(H2,13,18). The van der Waals surface area contributed by atoms with E-state index >= 15 is 0 Å². The molecule has 7 nitrogen and oxygen atoms in total. The SMILES string of the molecule is CCC1(CO)CCCN(Cc2nc(C(N)=O)no2)C1. The van der Waals surface area contributed by atoms with Gasteiger partial charge in [0.1, 0.15) is 0 Å². The van der Waals surface area contributed by atoms with Crippen LogP contribution in [0.3, 0.4) is 0 Å². The highest BCUT2D eigenvalue weighted by atomic mass is 16.5. The lowest BCUT2D eigenvalue weighted by molar-refractivity contribution is 0.0217. The van der Waals surface area contributed by atoms with Crippen LogP contribution in [0, 0.1) is 5.41 Å². The summed E-state index contributed by atoms with van der Waals surface area (Å²) in [6, 6.07) is 0. The van der Waals surface area contributed by atoms with Crippen molar-refractivity contribution in [3.8, 4) is 0 Å². The molecule has 106 valence electrons. The van der Waals surface area contributed by atoms with Gasteiger partial charge in [-0.3, -0.25) is 9.69 Å². The summed E-state index contributed by atoms with van der Waals surface area (Å²) in [4.78, 5) is 17.0. The van der Waals surface area contributed by atoms with Crippen molar-refractivity contribution in [3.05, 3.63) is 11.7 Å². The smallest absolute Gasteiger partial charge is 0.290 e. The van der Waals surface area contributed by atoms with Crippen molar-refractivity contribution in [2.45, 2.75) is 32.7 Å². The van der Waals surface area contributed by atoms with E-state index in [9.17, 15) is 9.90 Å². The van der Waals surface area contributed by atoms with Crippen molar-refractivity contribution in [2.24, 2.45) is 11.1 Å². The van der Waals surface area contributed by atoms with E-state index in [4.69, 9.17) is 10.3 Å². The molecule has 3 N–H and O–H groups in total. The van der Waals surface area contributed by atoms with Crippen LogP contribution in [0.2, 0.25) is 0 Å². The van der Waals surface area contributed by atoms with E-state index in [1.54, 1.807) is 0 Å². The normalized spacial score (nSPS) is 24.5. The van der Waals surface area contributed by atoms with Gasteiger partial charge >= 0.3 is 0 Å². The van der Waals surface area contributed by atoms with Gasteiger partial charge in [0.25, 0.3) is 11.7 Å². The molecule has 1 saturated heterocycles. The lowest BCUT2D eigenvalue weighted by Crippen LogP contribution is -2.44. The minimum Gasteiger partial charge on any atom is -0.396 e. The third-order valence-electron chi connectivity index (χ3n) is 3.87. The van der Waals surface area contributed by atoms with E-state index in [-0.39, 0.29) is 17.8 Å². The summed E-state index contributed by atoms with van der Waals surface area (Å²) < 4.78 is 5.00.